The van der Waals surface area contributed by atoms with Crippen molar-refractivity contribution < 1.29 is 28.8 Å². The van der Waals surface area contributed by atoms with E-state index in [0.717, 1.165) is 11.8 Å². The maximum absolute atomic E-state index is 12.6. The summed E-state index contributed by atoms with van der Waals surface area (Å²) in [6, 6.07) is 10.5. The molecule has 2 aromatic rings. The second-order valence-corrected chi connectivity index (χ2v) is 7.78. The molecular weight excluding hydrogens is 454 g/mol. The average molecular weight is 476 g/mol. The number of para-hydroxylation sites is 1. The van der Waals surface area contributed by atoms with Crippen molar-refractivity contribution in [3.63, 3.8) is 0 Å². The number of halogens is 1. The number of rotatable bonds is 7. The summed E-state index contributed by atoms with van der Waals surface area (Å²) in [5.74, 6) is 0.411. The number of carbonyl (C=O) groups excluding carboxylic acids is 1. The molecule has 0 saturated carbocycles. The van der Waals surface area contributed by atoms with Gasteiger partial charge < -0.3 is 24.1 Å². The molecule has 0 radical (unpaired) electrons. The van der Waals surface area contributed by atoms with E-state index in [1.54, 1.807) is 49.4 Å². The van der Waals surface area contributed by atoms with Gasteiger partial charge in [0.2, 0.25) is 5.75 Å². The van der Waals surface area contributed by atoms with Gasteiger partial charge in [-0.1, -0.05) is 35.5 Å². The number of hydrogen-bond acceptors (Lipinski definition) is 8. The normalized spacial score (nSPS) is 15.9. The Hall–Kier alpha value is -3.10. The third-order valence-corrected chi connectivity index (χ3v) is 5.81. The maximum Gasteiger partial charge on any atom is 0.344 e. The number of carbonyl (C=O) groups is 1. The largest absolute Gasteiger partial charge is 0.506 e. The monoisotopic (exact) mass is 475 g/mol. The predicted octanol–water partition coefficient (Wildman–Crippen LogP) is 5.56. The maximum atomic E-state index is 12.6. The molecule has 0 atom stereocenters. The Bertz CT molecular complexity index is 1130. The zero-order valence-corrected chi connectivity index (χ0v) is 19.5. The number of aliphatic imine (C=N–C) groups is 1. The van der Waals surface area contributed by atoms with Crippen LogP contribution >= 0.6 is 23.4 Å². The topological polar surface area (TPSA) is 86.6 Å². The summed E-state index contributed by atoms with van der Waals surface area (Å²) in [5.41, 5.74) is 1.06. The van der Waals surface area contributed by atoms with E-state index in [1.165, 1.54) is 21.3 Å². The average Bonchev–Trinajstić information content (AvgIpc) is 3.09. The number of aliphatic hydroxyl groups excluding tert-OH is 1. The number of aliphatic hydroxyl groups is 1. The molecule has 0 spiro atoms. The van der Waals surface area contributed by atoms with E-state index in [0.29, 0.717) is 38.4 Å². The Morgan fingerprint density at radius 3 is 2.44 bits per heavy atom. The van der Waals surface area contributed by atoms with Crippen molar-refractivity contribution in [2.45, 2.75) is 6.92 Å². The molecule has 1 aliphatic heterocycles. The summed E-state index contributed by atoms with van der Waals surface area (Å²) in [4.78, 5) is 17.5. The van der Waals surface area contributed by atoms with Gasteiger partial charge in [-0.2, -0.15) is 0 Å². The molecule has 7 nitrogen and oxygen atoms in total. The van der Waals surface area contributed by atoms with E-state index in [2.05, 4.69) is 4.99 Å². The number of methoxy groups -OCH3 is 3. The van der Waals surface area contributed by atoms with Crippen LogP contribution in [-0.2, 0) is 9.53 Å². The van der Waals surface area contributed by atoms with Crippen LogP contribution in [-0.4, -0.2) is 44.1 Å². The number of ether oxygens (including phenoxy) is 4. The number of hydrogen-bond donors (Lipinski definition) is 1. The lowest BCUT2D eigenvalue weighted by molar-refractivity contribution is -0.138. The SMILES string of the molecule is CCOC(=O)C1=C(O)C(=Cc2ccc(OC)c(OC)c2OC)SC1=Nc1ccccc1Cl. The second kappa shape index (κ2) is 10.5. The summed E-state index contributed by atoms with van der Waals surface area (Å²) in [6.07, 6.45) is 1.68. The molecule has 0 fully saturated rings. The summed E-state index contributed by atoms with van der Waals surface area (Å²) in [7, 11) is 4.54. The second-order valence-electron chi connectivity index (χ2n) is 6.35. The standard InChI is InChI=1S/C23H22ClNO6S/c1-5-31-23(27)18-19(26)17(32-22(18)25-15-9-7-6-8-14(15)24)12-13-10-11-16(28-2)21(30-4)20(13)29-3/h6-12,26H,5H2,1-4H3. The van der Waals surface area contributed by atoms with Crippen LogP contribution in [0, 0.1) is 0 Å². The van der Waals surface area contributed by atoms with Crippen molar-refractivity contribution in [2.24, 2.45) is 4.99 Å². The van der Waals surface area contributed by atoms with Gasteiger partial charge in [-0.15, -0.1) is 0 Å². The van der Waals surface area contributed by atoms with Crippen molar-refractivity contribution in [1.29, 1.82) is 0 Å². The number of thioether (sulfide) groups is 1. The highest BCUT2D eigenvalue weighted by Crippen LogP contribution is 2.45. The zero-order valence-electron chi connectivity index (χ0n) is 18.0. The van der Waals surface area contributed by atoms with Gasteiger partial charge >= 0.3 is 5.97 Å². The minimum absolute atomic E-state index is 0.0255. The highest BCUT2D eigenvalue weighted by atomic mass is 35.5. The Morgan fingerprint density at radius 2 is 1.81 bits per heavy atom. The van der Waals surface area contributed by atoms with Crippen LogP contribution in [0.25, 0.3) is 6.08 Å². The van der Waals surface area contributed by atoms with E-state index in [4.69, 9.17) is 30.5 Å². The summed E-state index contributed by atoms with van der Waals surface area (Å²) < 4.78 is 21.4. The molecule has 168 valence electrons. The number of nitrogens with zero attached hydrogens (tertiary/aromatic N) is 1. The summed E-state index contributed by atoms with van der Waals surface area (Å²) in [6.45, 7) is 1.84. The van der Waals surface area contributed by atoms with E-state index < -0.39 is 5.97 Å². The molecule has 9 heteroatoms. The van der Waals surface area contributed by atoms with E-state index in [1.807, 2.05) is 0 Å². The Labute approximate surface area is 195 Å². The van der Waals surface area contributed by atoms with Crippen LogP contribution in [0.3, 0.4) is 0 Å². The summed E-state index contributed by atoms with van der Waals surface area (Å²) in [5, 5.41) is 11.6. The van der Waals surface area contributed by atoms with Gasteiger partial charge in [0.15, 0.2) is 11.5 Å². The lowest BCUT2D eigenvalue weighted by Crippen LogP contribution is -2.12. The predicted molar refractivity (Wildman–Crippen MR) is 127 cm³/mol. The molecule has 1 N–H and O–H groups in total. The molecule has 1 heterocycles. The highest BCUT2D eigenvalue weighted by molar-refractivity contribution is 8.18. The first-order valence-electron chi connectivity index (χ1n) is 9.57. The van der Waals surface area contributed by atoms with Crippen LogP contribution in [0.5, 0.6) is 17.2 Å². The minimum atomic E-state index is -0.675. The fraction of sp³-hybridized carbons (Fsp3) is 0.217. The molecule has 0 bridgehead atoms. The van der Waals surface area contributed by atoms with Gasteiger partial charge in [0.05, 0.1) is 43.6 Å². The number of esters is 1. The van der Waals surface area contributed by atoms with Gasteiger partial charge in [0.25, 0.3) is 0 Å². The van der Waals surface area contributed by atoms with Crippen LogP contribution in [0.4, 0.5) is 5.69 Å². The lowest BCUT2D eigenvalue weighted by atomic mass is 10.1. The van der Waals surface area contributed by atoms with Crippen molar-refractivity contribution in [1.82, 2.24) is 0 Å². The molecule has 0 unspecified atom stereocenters. The molecule has 2 aromatic carbocycles. The number of benzene rings is 2. The molecule has 1 aliphatic rings. The van der Waals surface area contributed by atoms with Gasteiger partial charge in [-0.05, 0) is 37.3 Å². The van der Waals surface area contributed by atoms with Crippen LogP contribution in [0.2, 0.25) is 5.02 Å². The molecule has 0 aromatic heterocycles. The molecule has 32 heavy (non-hydrogen) atoms. The van der Waals surface area contributed by atoms with Gasteiger partial charge in [-0.3, -0.25) is 0 Å². The van der Waals surface area contributed by atoms with Crippen molar-refractivity contribution in [2.75, 3.05) is 27.9 Å². The first-order valence-corrected chi connectivity index (χ1v) is 10.8. The minimum Gasteiger partial charge on any atom is -0.506 e. The molecule has 3 rings (SSSR count). The third-order valence-electron chi connectivity index (χ3n) is 4.47. The fourth-order valence-corrected chi connectivity index (χ4v) is 4.22. The Kier molecular flexibility index (Phi) is 7.71. The van der Waals surface area contributed by atoms with Crippen molar-refractivity contribution >= 4 is 46.1 Å². The van der Waals surface area contributed by atoms with Crippen LogP contribution in [0.1, 0.15) is 12.5 Å². The zero-order chi connectivity index (χ0) is 23.3. The molecule has 0 aliphatic carbocycles. The summed E-state index contributed by atoms with van der Waals surface area (Å²) >= 11 is 7.35. The van der Waals surface area contributed by atoms with Gasteiger partial charge in [0.1, 0.15) is 16.4 Å². The van der Waals surface area contributed by atoms with Crippen LogP contribution in [0.15, 0.2) is 57.6 Å². The lowest BCUT2D eigenvalue weighted by Gasteiger charge is -2.14. The van der Waals surface area contributed by atoms with E-state index in [9.17, 15) is 9.90 Å². The fourth-order valence-electron chi connectivity index (χ4n) is 3.02. The molecule has 0 saturated heterocycles. The van der Waals surface area contributed by atoms with E-state index in [-0.39, 0.29) is 23.0 Å². The molecular formula is C23H22ClNO6S. The van der Waals surface area contributed by atoms with E-state index >= 15 is 0 Å². The van der Waals surface area contributed by atoms with Gasteiger partial charge in [-0.25, -0.2) is 9.79 Å². The quantitative estimate of drug-likeness (QED) is 0.524. The first-order chi connectivity index (χ1) is 15.4. The smallest absolute Gasteiger partial charge is 0.344 e. The van der Waals surface area contributed by atoms with Crippen molar-refractivity contribution in [3.8, 4) is 17.2 Å². The van der Waals surface area contributed by atoms with Crippen LogP contribution < -0.4 is 14.2 Å². The van der Waals surface area contributed by atoms with Gasteiger partial charge in [0, 0.05) is 5.56 Å². The Balaban J connectivity index is 2.13. The van der Waals surface area contributed by atoms with Crippen molar-refractivity contribution in [3.05, 3.63) is 63.2 Å². The highest BCUT2D eigenvalue weighted by Gasteiger charge is 2.33. The molecule has 0 amide bonds. The Morgan fingerprint density at radius 1 is 1.09 bits per heavy atom. The third kappa shape index (κ3) is 4.71. The first kappa shape index (κ1) is 23.6.